The molecule has 1 aromatic heterocycles. The van der Waals surface area contributed by atoms with Crippen molar-refractivity contribution < 1.29 is 9.59 Å². The van der Waals surface area contributed by atoms with E-state index in [1.54, 1.807) is 30.3 Å². The van der Waals surface area contributed by atoms with E-state index in [9.17, 15) is 9.59 Å². The van der Waals surface area contributed by atoms with Crippen LogP contribution in [0.25, 0.3) is 6.08 Å². The summed E-state index contributed by atoms with van der Waals surface area (Å²) in [4.78, 5) is 26.1. The predicted octanol–water partition coefficient (Wildman–Crippen LogP) is 4.70. The van der Waals surface area contributed by atoms with Crippen LogP contribution in [-0.4, -0.2) is 29.4 Å². The molecule has 2 amide bonds. The maximum atomic E-state index is 12.7. The van der Waals surface area contributed by atoms with Crippen LogP contribution in [0, 0.1) is 0 Å². The minimum Gasteiger partial charge on any atom is -0.350 e. The zero-order valence-electron chi connectivity index (χ0n) is 15.9. The summed E-state index contributed by atoms with van der Waals surface area (Å²) in [5, 5.41) is 8.40. The molecule has 148 valence electrons. The summed E-state index contributed by atoms with van der Waals surface area (Å²) >= 11 is 3.47. The number of nitrogens with one attached hydrogen (secondary N) is 2. The molecule has 28 heavy (non-hydrogen) atoms. The molecule has 1 saturated carbocycles. The maximum absolute atomic E-state index is 12.7. The number of carbonyl (C=O) groups excluding carboxylic acids is 2. The fraction of sp³-hybridized carbons (Fsp3) is 0.364. The van der Waals surface area contributed by atoms with E-state index in [2.05, 4.69) is 10.6 Å². The van der Waals surface area contributed by atoms with Crippen molar-refractivity contribution in [2.24, 2.45) is 0 Å². The van der Waals surface area contributed by atoms with Crippen LogP contribution in [0.1, 0.15) is 47.3 Å². The summed E-state index contributed by atoms with van der Waals surface area (Å²) in [6, 6.07) is 12.8. The van der Waals surface area contributed by atoms with Crippen molar-refractivity contribution in [3.63, 3.8) is 0 Å². The van der Waals surface area contributed by atoms with Gasteiger partial charge in [0, 0.05) is 28.0 Å². The quantitative estimate of drug-likeness (QED) is 0.486. The Kier molecular flexibility index (Phi) is 8.18. The van der Waals surface area contributed by atoms with Crippen LogP contribution >= 0.6 is 23.1 Å². The Morgan fingerprint density at radius 1 is 1.07 bits per heavy atom. The Morgan fingerprint density at radius 2 is 1.86 bits per heavy atom. The molecule has 1 aromatic carbocycles. The molecule has 0 spiro atoms. The maximum Gasteiger partial charge on any atom is 0.267 e. The minimum atomic E-state index is -0.282. The van der Waals surface area contributed by atoms with Gasteiger partial charge < -0.3 is 10.6 Å². The van der Waals surface area contributed by atoms with Gasteiger partial charge in [0.25, 0.3) is 11.8 Å². The van der Waals surface area contributed by atoms with Gasteiger partial charge in [0.1, 0.15) is 5.70 Å². The molecule has 0 bridgehead atoms. The van der Waals surface area contributed by atoms with Crippen molar-refractivity contribution in [3.05, 3.63) is 64.0 Å². The molecule has 0 aliphatic heterocycles. The molecule has 2 N–H and O–H groups in total. The molecule has 6 heteroatoms. The summed E-state index contributed by atoms with van der Waals surface area (Å²) in [5.41, 5.74) is 0.805. The first kappa shape index (κ1) is 20.7. The van der Waals surface area contributed by atoms with Gasteiger partial charge in [-0.25, -0.2) is 0 Å². The summed E-state index contributed by atoms with van der Waals surface area (Å²) < 4.78 is 0. The van der Waals surface area contributed by atoms with E-state index in [0.29, 0.717) is 12.1 Å². The van der Waals surface area contributed by atoms with Crippen molar-refractivity contribution in [1.29, 1.82) is 0 Å². The SMILES string of the molecule is O=C(NCCSC1CCCCC1)/C(=C/c1cccs1)NC(=O)c1ccccc1. The van der Waals surface area contributed by atoms with Gasteiger partial charge in [0.15, 0.2) is 0 Å². The van der Waals surface area contributed by atoms with Gasteiger partial charge in [-0.2, -0.15) is 11.8 Å². The number of amides is 2. The average molecular weight is 415 g/mol. The van der Waals surface area contributed by atoms with Crippen LogP contribution < -0.4 is 10.6 Å². The molecule has 0 saturated heterocycles. The summed E-state index contributed by atoms with van der Waals surface area (Å²) in [6.45, 7) is 0.600. The molecule has 2 aromatic rings. The van der Waals surface area contributed by atoms with Crippen LogP contribution in [0.5, 0.6) is 0 Å². The number of hydrogen-bond donors (Lipinski definition) is 2. The van der Waals surface area contributed by atoms with Gasteiger partial charge >= 0.3 is 0 Å². The average Bonchev–Trinajstić information content (AvgIpc) is 3.25. The Labute approximate surface area is 174 Å². The number of hydrogen-bond acceptors (Lipinski definition) is 4. The summed E-state index contributed by atoms with van der Waals surface area (Å²) in [6.07, 6.45) is 8.30. The molecule has 1 fully saturated rings. The fourth-order valence-corrected chi connectivity index (χ4v) is 5.05. The highest BCUT2D eigenvalue weighted by Gasteiger charge is 2.16. The van der Waals surface area contributed by atoms with Crippen LogP contribution in [0.15, 0.2) is 53.5 Å². The van der Waals surface area contributed by atoms with Crippen molar-refractivity contribution in [3.8, 4) is 0 Å². The van der Waals surface area contributed by atoms with Gasteiger partial charge in [-0.3, -0.25) is 9.59 Å². The molecule has 1 aliphatic rings. The second-order valence-corrected chi connectivity index (χ2v) is 9.17. The lowest BCUT2D eigenvalue weighted by Gasteiger charge is -2.21. The first-order chi connectivity index (χ1) is 13.7. The van der Waals surface area contributed by atoms with Gasteiger partial charge in [-0.15, -0.1) is 11.3 Å². The lowest BCUT2D eigenvalue weighted by atomic mass is 10.0. The van der Waals surface area contributed by atoms with E-state index in [-0.39, 0.29) is 17.5 Å². The highest BCUT2D eigenvalue weighted by atomic mass is 32.2. The number of thioether (sulfide) groups is 1. The molecular weight excluding hydrogens is 388 g/mol. The van der Waals surface area contributed by atoms with Crippen molar-refractivity contribution in [1.82, 2.24) is 10.6 Å². The van der Waals surface area contributed by atoms with Crippen molar-refractivity contribution in [2.45, 2.75) is 37.4 Å². The highest BCUT2D eigenvalue weighted by molar-refractivity contribution is 7.99. The lowest BCUT2D eigenvalue weighted by molar-refractivity contribution is -0.117. The molecule has 3 rings (SSSR count). The Hall–Kier alpha value is -2.05. The van der Waals surface area contributed by atoms with Gasteiger partial charge in [-0.1, -0.05) is 43.5 Å². The van der Waals surface area contributed by atoms with E-state index < -0.39 is 0 Å². The van der Waals surface area contributed by atoms with Gasteiger partial charge in [0.05, 0.1) is 0 Å². The number of rotatable bonds is 8. The second-order valence-electron chi connectivity index (χ2n) is 6.78. The third kappa shape index (κ3) is 6.53. The van der Waals surface area contributed by atoms with Crippen molar-refractivity contribution >= 4 is 41.0 Å². The van der Waals surface area contributed by atoms with Gasteiger partial charge in [0.2, 0.25) is 0 Å². The van der Waals surface area contributed by atoms with Crippen LogP contribution in [0.2, 0.25) is 0 Å². The third-order valence-electron chi connectivity index (χ3n) is 4.65. The summed E-state index contributed by atoms with van der Waals surface area (Å²) in [7, 11) is 0. The van der Waals surface area contributed by atoms with Crippen LogP contribution in [0.4, 0.5) is 0 Å². The Bertz CT molecular complexity index is 782. The van der Waals surface area contributed by atoms with Crippen molar-refractivity contribution in [2.75, 3.05) is 12.3 Å². The fourth-order valence-electron chi connectivity index (χ4n) is 3.18. The zero-order chi connectivity index (χ0) is 19.6. The highest BCUT2D eigenvalue weighted by Crippen LogP contribution is 2.27. The Balaban J connectivity index is 1.56. The monoisotopic (exact) mass is 414 g/mol. The first-order valence-electron chi connectivity index (χ1n) is 9.74. The standard InChI is InChI=1S/C22H26N2O2S2/c25-21(17-8-3-1-4-9-17)24-20(16-19-12-7-14-27-19)22(26)23-13-15-28-18-10-5-2-6-11-18/h1,3-4,7-9,12,14,16,18H,2,5-6,10-11,13,15H2,(H,23,26)(H,24,25)/b20-16-. The molecule has 0 unspecified atom stereocenters. The first-order valence-corrected chi connectivity index (χ1v) is 11.7. The third-order valence-corrected chi connectivity index (χ3v) is 6.85. The normalized spacial score (nSPS) is 15.2. The van der Waals surface area contributed by atoms with Gasteiger partial charge in [-0.05, 0) is 42.5 Å². The van der Waals surface area contributed by atoms with E-state index >= 15 is 0 Å². The number of benzene rings is 1. The molecule has 4 nitrogen and oxygen atoms in total. The molecule has 1 heterocycles. The molecular formula is C22H26N2O2S2. The van der Waals surface area contributed by atoms with E-state index in [1.807, 2.05) is 35.3 Å². The largest absolute Gasteiger partial charge is 0.350 e. The minimum absolute atomic E-state index is 0.248. The molecule has 1 aliphatic carbocycles. The Morgan fingerprint density at radius 3 is 2.57 bits per heavy atom. The molecule has 0 radical (unpaired) electrons. The number of carbonyl (C=O) groups is 2. The van der Waals surface area contributed by atoms with Crippen LogP contribution in [-0.2, 0) is 4.79 Å². The predicted molar refractivity (Wildman–Crippen MR) is 119 cm³/mol. The van der Waals surface area contributed by atoms with E-state index in [4.69, 9.17) is 0 Å². The van der Waals surface area contributed by atoms with Crippen LogP contribution in [0.3, 0.4) is 0 Å². The molecule has 0 atom stereocenters. The smallest absolute Gasteiger partial charge is 0.267 e. The zero-order valence-corrected chi connectivity index (χ0v) is 17.5. The summed E-state index contributed by atoms with van der Waals surface area (Å²) in [5.74, 6) is 0.368. The lowest BCUT2D eigenvalue weighted by Crippen LogP contribution is -2.36. The number of thiophene rings is 1. The van der Waals surface area contributed by atoms with E-state index in [1.165, 1.54) is 43.4 Å². The second kappa shape index (κ2) is 11.1. The topological polar surface area (TPSA) is 58.2 Å². The van der Waals surface area contributed by atoms with E-state index in [0.717, 1.165) is 15.9 Å².